The number of halogens is 1. The third-order valence-electron chi connectivity index (χ3n) is 2.62. The predicted molar refractivity (Wildman–Crippen MR) is 75.1 cm³/mol. The maximum Gasteiger partial charge on any atom is 0.101 e. The highest BCUT2D eigenvalue weighted by molar-refractivity contribution is 6.17. The number of hydrogen-bond acceptors (Lipinski definition) is 3. The van der Waals surface area contributed by atoms with Crippen molar-refractivity contribution in [1.29, 1.82) is 5.26 Å². The topological polar surface area (TPSA) is 36.3 Å². The summed E-state index contributed by atoms with van der Waals surface area (Å²) >= 11 is 5.76. The summed E-state index contributed by atoms with van der Waals surface area (Å²) in [5, 5.41) is 9.15. The molecule has 0 heterocycles. The van der Waals surface area contributed by atoms with Gasteiger partial charge in [0.05, 0.1) is 24.0 Å². The molecule has 18 heavy (non-hydrogen) atoms. The monoisotopic (exact) mass is 266 g/mol. The van der Waals surface area contributed by atoms with E-state index in [0.29, 0.717) is 18.1 Å². The van der Waals surface area contributed by atoms with Gasteiger partial charge in [0.1, 0.15) is 6.07 Å². The quantitative estimate of drug-likeness (QED) is 0.742. The van der Waals surface area contributed by atoms with E-state index in [-0.39, 0.29) is 6.10 Å². The second kappa shape index (κ2) is 7.25. The number of alkyl halides is 1. The molecule has 0 aromatic heterocycles. The normalized spacial score (nSPS) is 10.4. The zero-order valence-electron chi connectivity index (χ0n) is 11.1. The van der Waals surface area contributed by atoms with Gasteiger partial charge in [-0.3, -0.25) is 0 Å². The highest BCUT2D eigenvalue weighted by Gasteiger charge is 2.08. The fourth-order valence-electron chi connectivity index (χ4n) is 1.63. The van der Waals surface area contributed by atoms with Crippen LogP contribution in [0.3, 0.4) is 0 Å². The van der Waals surface area contributed by atoms with Crippen molar-refractivity contribution in [1.82, 2.24) is 0 Å². The highest BCUT2D eigenvalue weighted by Crippen LogP contribution is 2.21. The number of ether oxygens (including phenoxy) is 1. The van der Waals surface area contributed by atoms with Crippen molar-refractivity contribution in [2.45, 2.75) is 25.8 Å². The Hall–Kier alpha value is -1.24. The highest BCUT2D eigenvalue weighted by atomic mass is 35.5. The molecule has 1 aromatic carbocycles. The van der Waals surface area contributed by atoms with Gasteiger partial charge in [-0.1, -0.05) is 6.07 Å². The molecule has 1 rings (SSSR count). The van der Waals surface area contributed by atoms with E-state index in [0.717, 1.165) is 17.8 Å². The number of likely N-dealkylation sites (N-methyl/N-ethyl adjacent to an activating group) is 1. The lowest BCUT2D eigenvalue weighted by molar-refractivity contribution is 0.0846. The molecular weight excluding hydrogens is 248 g/mol. The first-order chi connectivity index (χ1) is 8.58. The van der Waals surface area contributed by atoms with Gasteiger partial charge in [0, 0.05) is 19.5 Å². The van der Waals surface area contributed by atoms with Crippen LogP contribution in [0.2, 0.25) is 0 Å². The first kappa shape index (κ1) is 14.8. The van der Waals surface area contributed by atoms with Crippen LogP contribution in [-0.2, 0) is 10.6 Å². The van der Waals surface area contributed by atoms with Crippen molar-refractivity contribution in [3.8, 4) is 6.07 Å². The van der Waals surface area contributed by atoms with Crippen LogP contribution < -0.4 is 4.90 Å². The molecule has 0 aliphatic carbocycles. The molecule has 0 atom stereocenters. The van der Waals surface area contributed by atoms with E-state index in [4.69, 9.17) is 21.6 Å². The smallest absolute Gasteiger partial charge is 0.101 e. The zero-order valence-corrected chi connectivity index (χ0v) is 11.9. The van der Waals surface area contributed by atoms with Crippen LogP contribution in [0.15, 0.2) is 18.2 Å². The Kier molecular flexibility index (Phi) is 5.97. The molecule has 0 fully saturated rings. The molecule has 0 N–H and O–H groups in total. The van der Waals surface area contributed by atoms with Crippen molar-refractivity contribution in [2.24, 2.45) is 0 Å². The molecule has 1 aromatic rings. The number of nitrogens with zero attached hydrogens (tertiary/aromatic N) is 2. The van der Waals surface area contributed by atoms with E-state index >= 15 is 0 Å². The third-order valence-corrected chi connectivity index (χ3v) is 2.93. The molecule has 0 spiro atoms. The summed E-state index contributed by atoms with van der Waals surface area (Å²) in [6.45, 7) is 5.43. The Bertz CT molecular complexity index is 426. The van der Waals surface area contributed by atoms with Crippen LogP contribution >= 0.6 is 11.6 Å². The lowest BCUT2D eigenvalue weighted by atomic mass is 10.1. The third kappa shape index (κ3) is 4.21. The van der Waals surface area contributed by atoms with E-state index in [1.165, 1.54) is 0 Å². The molecule has 0 bridgehead atoms. The summed E-state index contributed by atoms with van der Waals surface area (Å²) < 4.78 is 5.51. The molecule has 0 unspecified atom stereocenters. The number of benzene rings is 1. The van der Waals surface area contributed by atoms with Crippen LogP contribution in [0.5, 0.6) is 0 Å². The minimum Gasteiger partial charge on any atom is -0.377 e. The van der Waals surface area contributed by atoms with Crippen molar-refractivity contribution in [3.05, 3.63) is 29.3 Å². The summed E-state index contributed by atoms with van der Waals surface area (Å²) in [4.78, 5) is 2.03. The van der Waals surface area contributed by atoms with Crippen LogP contribution in [0, 0.1) is 11.3 Å². The van der Waals surface area contributed by atoms with Gasteiger partial charge in [-0.05, 0) is 31.5 Å². The van der Waals surface area contributed by atoms with Gasteiger partial charge in [-0.2, -0.15) is 5.26 Å². The summed E-state index contributed by atoms with van der Waals surface area (Å²) in [5.41, 5.74) is 2.53. The SMILES string of the molecule is CC(C)OCCN(C)c1ccc(CCl)cc1C#N. The molecule has 0 saturated heterocycles. The predicted octanol–water partition coefficient (Wildman–Crippen LogP) is 3.16. The lowest BCUT2D eigenvalue weighted by Gasteiger charge is -2.21. The lowest BCUT2D eigenvalue weighted by Crippen LogP contribution is -2.24. The van der Waals surface area contributed by atoms with E-state index < -0.39 is 0 Å². The minimum atomic E-state index is 0.229. The number of anilines is 1. The van der Waals surface area contributed by atoms with Crippen LogP contribution in [0.1, 0.15) is 25.0 Å². The average Bonchev–Trinajstić information content (AvgIpc) is 2.37. The maximum atomic E-state index is 9.15. The van der Waals surface area contributed by atoms with Crippen molar-refractivity contribution in [2.75, 3.05) is 25.1 Å². The van der Waals surface area contributed by atoms with Crippen LogP contribution in [0.4, 0.5) is 5.69 Å². The molecule has 4 heteroatoms. The van der Waals surface area contributed by atoms with Crippen LogP contribution in [-0.4, -0.2) is 26.3 Å². The molecule has 0 saturated carbocycles. The second-order valence-electron chi connectivity index (χ2n) is 4.44. The summed E-state index contributed by atoms with van der Waals surface area (Å²) in [6.07, 6.45) is 0.229. The maximum absolute atomic E-state index is 9.15. The molecule has 0 aliphatic heterocycles. The average molecular weight is 267 g/mol. The number of rotatable bonds is 6. The fourth-order valence-corrected chi connectivity index (χ4v) is 1.80. The molecule has 98 valence electrons. The van der Waals surface area contributed by atoms with Crippen molar-refractivity contribution in [3.63, 3.8) is 0 Å². The van der Waals surface area contributed by atoms with Crippen molar-refractivity contribution < 1.29 is 4.74 Å². The summed E-state index contributed by atoms with van der Waals surface area (Å²) in [5.74, 6) is 0.426. The fraction of sp³-hybridized carbons (Fsp3) is 0.500. The summed E-state index contributed by atoms with van der Waals surface area (Å²) in [6, 6.07) is 7.93. The van der Waals surface area contributed by atoms with Gasteiger partial charge in [0.25, 0.3) is 0 Å². The molecule has 0 aliphatic rings. The Labute approximate surface area is 114 Å². The van der Waals surface area contributed by atoms with Gasteiger partial charge in [-0.15, -0.1) is 11.6 Å². The number of hydrogen-bond donors (Lipinski definition) is 0. The Morgan fingerprint density at radius 2 is 2.17 bits per heavy atom. The minimum absolute atomic E-state index is 0.229. The van der Waals surface area contributed by atoms with E-state index in [1.54, 1.807) is 0 Å². The van der Waals surface area contributed by atoms with E-state index in [1.807, 2.05) is 44.0 Å². The van der Waals surface area contributed by atoms with Gasteiger partial charge < -0.3 is 9.64 Å². The van der Waals surface area contributed by atoms with Gasteiger partial charge >= 0.3 is 0 Å². The first-order valence-electron chi connectivity index (χ1n) is 6.00. The second-order valence-corrected chi connectivity index (χ2v) is 4.71. The Morgan fingerprint density at radius 3 is 2.72 bits per heavy atom. The van der Waals surface area contributed by atoms with E-state index in [9.17, 15) is 0 Å². The van der Waals surface area contributed by atoms with Crippen LogP contribution in [0.25, 0.3) is 0 Å². The zero-order chi connectivity index (χ0) is 13.5. The standard InChI is InChI=1S/C14H19ClN2O/c1-11(2)18-7-6-17(3)14-5-4-12(9-15)8-13(14)10-16/h4-5,8,11H,6-7,9H2,1-3H3. The van der Waals surface area contributed by atoms with Gasteiger partial charge in [-0.25, -0.2) is 0 Å². The van der Waals surface area contributed by atoms with Gasteiger partial charge in [0.2, 0.25) is 0 Å². The number of nitriles is 1. The Balaban J connectivity index is 2.73. The molecule has 0 amide bonds. The van der Waals surface area contributed by atoms with Crippen molar-refractivity contribution >= 4 is 17.3 Å². The van der Waals surface area contributed by atoms with E-state index in [2.05, 4.69) is 6.07 Å². The summed E-state index contributed by atoms with van der Waals surface area (Å²) in [7, 11) is 1.96. The largest absolute Gasteiger partial charge is 0.377 e. The Morgan fingerprint density at radius 1 is 1.44 bits per heavy atom. The molecular formula is C14H19ClN2O. The first-order valence-corrected chi connectivity index (χ1v) is 6.53. The molecule has 3 nitrogen and oxygen atoms in total. The molecule has 0 radical (unpaired) electrons. The van der Waals surface area contributed by atoms with Gasteiger partial charge in [0.15, 0.2) is 0 Å².